The molecule has 11 nitrogen and oxygen atoms in total. The van der Waals surface area contributed by atoms with E-state index in [1.807, 2.05) is 4.90 Å². The molecule has 0 spiro atoms. The quantitative estimate of drug-likeness (QED) is 0.394. The second kappa shape index (κ2) is 5.83. The van der Waals surface area contributed by atoms with Crippen LogP contribution in [0.5, 0.6) is 0 Å². The first-order chi connectivity index (χ1) is 9.80. The molecule has 2 heterocycles. The van der Waals surface area contributed by atoms with Gasteiger partial charge in [-0.05, 0) is 11.3 Å². The highest BCUT2D eigenvalue weighted by atomic mass is 32.3. The fraction of sp³-hybridized carbons (Fsp3) is 0.667. The van der Waals surface area contributed by atoms with Crippen molar-refractivity contribution in [2.24, 2.45) is 0 Å². The second-order valence-corrected chi connectivity index (χ2v) is 5.46. The molecule has 1 aliphatic rings. The fourth-order valence-corrected chi connectivity index (χ4v) is 2.36. The van der Waals surface area contributed by atoms with E-state index < -0.39 is 10.4 Å². The smallest absolute Gasteiger partial charge is 0.321 e. The third kappa shape index (κ3) is 3.80. The number of piperazine rings is 1. The van der Waals surface area contributed by atoms with Gasteiger partial charge in [0.05, 0.1) is 0 Å². The lowest BCUT2D eigenvalue weighted by Crippen LogP contribution is -2.52. The lowest BCUT2D eigenvalue weighted by Gasteiger charge is -2.32. The number of anilines is 3. The van der Waals surface area contributed by atoms with Gasteiger partial charge in [-0.1, -0.05) is 16.9 Å². The zero-order valence-corrected chi connectivity index (χ0v) is 12.3. The van der Waals surface area contributed by atoms with Gasteiger partial charge in [-0.25, -0.2) is 4.28 Å². The van der Waals surface area contributed by atoms with E-state index in [1.165, 1.54) is 0 Å². The van der Waals surface area contributed by atoms with E-state index in [9.17, 15) is 8.42 Å². The maximum atomic E-state index is 10.7. The fourth-order valence-electron chi connectivity index (χ4n) is 2.01. The molecule has 5 N–H and O–H groups in total. The number of nitrogens with two attached hydrogens (primary N) is 2. The van der Waals surface area contributed by atoms with Gasteiger partial charge in [-0.3, -0.25) is 4.55 Å². The molecule has 21 heavy (non-hydrogen) atoms. The van der Waals surface area contributed by atoms with Crippen molar-refractivity contribution in [3.05, 3.63) is 0 Å². The summed E-state index contributed by atoms with van der Waals surface area (Å²) in [4.78, 5) is 12.1. The molecule has 0 aromatic carbocycles. The van der Waals surface area contributed by atoms with Crippen LogP contribution in [0.1, 0.15) is 6.92 Å². The molecule has 0 aliphatic carbocycles. The Kier molecular flexibility index (Phi) is 4.29. The zero-order chi connectivity index (χ0) is 15.6. The number of hydrogen-bond acceptors (Lipinski definition) is 9. The largest absolute Gasteiger partial charge is 0.472 e. The van der Waals surface area contributed by atoms with E-state index in [0.29, 0.717) is 17.8 Å². The van der Waals surface area contributed by atoms with Crippen LogP contribution in [-0.2, 0) is 10.4 Å². The molecule has 12 heteroatoms. The average Bonchev–Trinajstić information content (AvgIpc) is 2.42. The highest BCUT2D eigenvalue weighted by Crippen LogP contribution is 2.12. The summed E-state index contributed by atoms with van der Waals surface area (Å²) >= 11 is 0. The first kappa shape index (κ1) is 15.5. The van der Waals surface area contributed by atoms with Crippen LogP contribution in [0.3, 0.4) is 0 Å². The Morgan fingerprint density at radius 1 is 1.24 bits per heavy atom. The van der Waals surface area contributed by atoms with Gasteiger partial charge in [-0.2, -0.15) is 8.42 Å². The van der Waals surface area contributed by atoms with Gasteiger partial charge in [0.25, 0.3) is 0 Å². The molecule has 118 valence electrons. The van der Waals surface area contributed by atoms with Crippen molar-refractivity contribution < 1.29 is 22.0 Å². The van der Waals surface area contributed by atoms with Crippen LogP contribution in [-0.4, -0.2) is 60.6 Å². The number of likely N-dealkylation sites (N-methyl/N-ethyl adjacent to an activating group) is 1. The maximum absolute atomic E-state index is 10.7. The van der Waals surface area contributed by atoms with Crippen LogP contribution in [0.4, 0.5) is 17.8 Å². The van der Waals surface area contributed by atoms with Crippen LogP contribution in [0, 0.1) is 0 Å². The van der Waals surface area contributed by atoms with Crippen LogP contribution in [0.15, 0.2) is 0 Å². The average molecular weight is 320 g/mol. The normalized spacial score (nSPS) is 17.0. The Labute approximate surface area is 122 Å². The predicted molar refractivity (Wildman–Crippen MR) is 73.5 cm³/mol. The highest BCUT2D eigenvalue weighted by molar-refractivity contribution is 7.80. The van der Waals surface area contributed by atoms with Gasteiger partial charge in [0.15, 0.2) is 0 Å². The monoisotopic (exact) mass is 320 g/mol. The number of hydrogen-bond donors (Lipinski definition) is 3. The van der Waals surface area contributed by atoms with Crippen molar-refractivity contribution in [1.29, 1.82) is 0 Å². The lowest BCUT2D eigenvalue weighted by molar-refractivity contribution is -0.836. The molecule has 1 aromatic rings. The van der Waals surface area contributed by atoms with E-state index in [1.54, 1.807) is 0 Å². The Morgan fingerprint density at radius 2 is 1.76 bits per heavy atom. The van der Waals surface area contributed by atoms with Crippen molar-refractivity contribution in [1.82, 2.24) is 14.9 Å². The van der Waals surface area contributed by atoms with Crippen LogP contribution < -0.4 is 25.4 Å². The summed E-state index contributed by atoms with van der Waals surface area (Å²) < 4.78 is 34.7. The lowest BCUT2D eigenvalue weighted by atomic mass is 10.3. The van der Waals surface area contributed by atoms with Gasteiger partial charge in [0.2, 0.25) is 0 Å². The number of rotatable bonds is 4. The summed E-state index contributed by atoms with van der Waals surface area (Å²) in [6.45, 7) is 6.17. The molecular weight excluding hydrogens is 302 g/mol. The molecule has 2 rings (SSSR count). The summed E-state index contributed by atoms with van der Waals surface area (Å²) in [6.07, 6.45) is 0. The minimum absolute atomic E-state index is 0.288. The van der Waals surface area contributed by atoms with E-state index in [0.717, 1.165) is 19.6 Å². The van der Waals surface area contributed by atoms with Gasteiger partial charge in [-0.15, -0.1) is 0 Å². The van der Waals surface area contributed by atoms with Gasteiger partial charge >= 0.3 is 28.2 Å². The minimum atomic E-state index is -4.77. The summed E-state index contributed by atoms with van der Waals surface area (Å²) in [5, 5.41) is 0. The maximum Gasteiger partial charge on any atom is 0.472 e. The minimum Gasteiger partial charge on any atom is -0.321 e. The molecule has 0 amide bonds. The molecule has 0 radical (unpaired) electrons. The van der Waals surface area contributed by atoms with Crippen molar-refractivity contribution in [3.63, 3.8) is 0 Å². The Morgan fingerprint density at radius 3 is 2.19 bits per heavy atom. The second-order valence-electron chi connectivity index (χ2n) is 4.46. The first-order valence-corrected chi connectivity index (χ1v) is 7.66. The van der Waals surface area contributed by atoms with Crippen LogP contribution in [0.2, 0.25) is 0 Å². The molecule has 0 atom stereocenters. The number of nitrogen functional groups attached to an aromatic ring is 2. The van der Waals surface area contributed by atoms with Crippen LogP contribution in [0.25, 0.3) is 0 Å². The van der Waals surface area contributed by atoms with E-state index in [4.69, 9.17) is 16.0 Å². The van der Waals surface area contributed by atoms with Crippen molar-refractivity contribution in [2.75, 3.05) is 49.1 Å². The third-order valence-electron chi connectivity index (χ3n) is 3.12. The Hall–Kier alpha value is -1.92. The topological polar surface area (TPSA) is 152 Å². The van der Waals surface area contributed by atoms with Crippen molar-refractivity contribution in [3.8, 4) is 0 Å². The molecule has 0 unspecified atom stereocenters. The standard InChI is InChI=1S/C9H17N7O4S/c1-2-14-3-5-15(6-4-14)9-12-7(10)16(8(11)13-9)20-21(17,18)19/h2-6H2,1H3,(H4,10,11,12,13,17,18,19)/p+1. The highest BCUT2D eigenvalue weighted by Gasteiger charge is 2.26. The Balaban J connectivity index is 2.20. The molecular formula is C9H18N7O4S+. The van der Waals surface area contributed by atoms with Crippen molar-refractivity contribution >= 4 is 28.2 Å². The number of aromatic nitrogens is 3. The molecule has 1 fully saturated rings. The summed E-state index contributed by atoms with van der Waals surface area (Å²) in [7, 11) is -4.77. The molecule has 1 aliphatic heterocycles. The summed E-state index contributed by atoms with van der Waals surface area (Å²) in [5.41, 5.74) is 11.2. The third-order valence-corrected chi connectivity index (χ3v) is 3.45. The van der Waals surface area contributed by atoms with Crippen molar-refractivity contribution in [2.45, 2.75) is 6.92 Å². The molecule has 1 saturated heterocycles. The number of nitrogens with zero attached hydrogens (tertiary/aromatic N) is 5. The van der Waals surface area contributed by atoms with E-state index >= 15 is 0 Å². The van der Waals surface area contributed by atoms with E-state index in [2.05, 4.69) is 26.1 Å². The first-order valence-electron chi connectivity index (χ1n) is 6.30. The van der Waals surface area contributed by atoms with Gasteiger partial charge in [0.1, 0.15) is 0 Å². The zero-order valence-electron chi connectivity index (χ0n) is 11.5. The Bertz CT molecular complexity index is 592. The SMILES string of the molecule is CCN1CCN(c2nc(N)[n+](OS(=O)(=O)O)c(N)n2)CC1. The molecule has 0 saturated carbocycles. The van der Waals surface area contributed by atoms with E-state index in [-0.39, 0.29) is 17.8 Å². The summed E-state index contributed by atoms with van der Waals surface area (Å²) in [5.74, 6) is -0.364. The summed E-state index contributed by atoms with van der Waals surface area (Å²) in [6, 6.07) is 0. The van der Waals surface area contributed by atoms with Gasteiger partial charge in [0, 0.05) is 26.2 Å². The van der Waals surface area contributed by atoms with Gasteiger partial charge < -0.3 is 21.3 Å². The predicted octanol–water partition coefficient (Wildman–Crippen LogP) is -2.70. The molecule has 1 aromatic heterocycles. The molecule has 0 bridgehead atoms. The van der Waals surface area contributed by atoms with Crippen LogP contribution >= 0.6 is 0 Å².